The number of carboxylic acid groups (broad SMARTS) is 1. The van der Waals surface area contributed by atoms with Gasteiger partial charge in [0.05, 0.1) is 12.3 Å². The van der Waals surface area contributed by atoms with E-state index in [1.54, 1.807) is 6.92 Å². The van der Waals surface area contributed by atoms with Crippen LogP contribution >= 0.6 is 0 Å². The van der Waals surface area contributed by atoms with E-state index in [0.29, 0.717) is 12.3 Å². The van der Waals surface area contributed by atoms with Gasteiger partial charge in [0, 0.05) is 18.4 Å². The predicted molar refractivity (Wildman–Crippen MR) is 59.5 cm³/mol. The zero-order valence-corrected chi connectivity index (χ0v) is 10.2. The van der Waals surface area contributed by atoms with Gasteiger partial charge in [-0.05, 0) is 0 Å². The molecule has 0 amide bonds. The first-order valence-corrected chi connectivity index (χ1v) is 6.87. The van der Waals surface area contributed by atoms with E-state index in [-0.39, 0.29) is 23.7 Å². The summed E-state index contributed by atoms with van der Waals surface area (Å²) in [5.74, 6) is -0.645. The lowest BCUT2D eigenvalue weighted by atomic mass is 10.3. The van der Waals surface area contributed by atoms with Crippen LogP contribution in [-0.4, -0.2) is 42.7 Å². The number of aromatic carboxylic acids is 1. The molecular weight excluding hydrogens is 248 g/mol. The maximum atomic E-state index is 11.2. The molecule has 0 aromatic carbocycles. The maximum absolute atomic E-state index is 11.2. The van der Waals surface area contributed by atoms with Crippen molar-refractivity contribution in [3.8, 4) is 0 Å². The van der Waals surface area contributed by atoms with Crippen LogP contribution in [0.2, 0.25) is 0 Å². The van der Waals surface area contributed by atoms with Crippen molar-refractivity contribution in [1.82, 2.24) is 10.5 Å². The van der Waals surface area contributed by atoms with Gasteiger partial charge in [-0.3, -0.25) is 0 Å². The normalized spacial score (nSPS) is 11.6. The number of hydrogen-bond donors (Lipinski definition) is 2. The Labute approximate surface area is 98.7 Å². The molecule has 0 fully saturated rings. The molecule has 0 bridgehead atoms. The average molecular weight is 262 g/mol. The Hall–Kier alpha value is -1.41. The number of nitrogens with one attached hydrogen (secondary N) is 1. The van der Waals surface area contributed by atoms with Crippen LogP contribution in [0.3, 0.4) is 0 Å². The molecule has 0 saturated carbocycles. The second-order valence-electron chi connectivity index (χ2n) is 3.40. The smallest absolute Gasteiger partial charge is 0.358 e. The lowest BCUT2D eigenvalue weighted by Gasteiger charge is -2.01. The van der Waals surface area contributed by atoms with Crippen LogP contribution in [-0.2, 0) is 16.4 Å². The number of hydrogen-bond acceptors (Lipinski definition) is 6. The zero-order valence-electron chi connectivity index (χ0n) is 9.34. The minimum Gasteiger partial charge on any atom is -0.476 e. The number of carbonyl (C=O) groups is 1. The van der Waals surface area contributed by atoms with Gasteiger partial charge < -0.3 is 14.9 Å². The van der Waals surface area contributed by atoms with E-state index in [2.05, 4.69) is 10.5 Å². The Morgan fingerprint density at radius 3 is 2.82 bits per heavy atom. The fourth-order valence-corrected chi connectivity index (χ4v) is 1.82. The summed E-state index contributed by atoms with van der Waals surface area (Å²) in [6.45, 7) is 2.13. The van der Waals surface area contributed by atoms with Crippen LogP contribution < -0.4 is 5.32 Å². The van der Waals surface area contributed by atoms with Crippen molar-refractivity contribution in [1.29, 1.82) is 0 Å². The number of nitrogens with zero attached hydrogens (tertiary/aromatic N) is 1. The van der Waals surface area contributed by atoms with E-state index >= 15 is 0 Å². The molecule has 0 aliphatic carbocycles. The Bertz CT molecular complexity index is 479. The minimum absolute atomic E-state index is 0.0451. The van der Waals surface area contributed by atoms with Crippen molar-refractivity contribution in [2.75, 3.05) is 18.1 Å². The highest BCUT2D eigenvalue weighted by molar-refractivity contribution is 7.91. The zero-order chi connectivity index (χ0) is 12.9. The predicted octanol–water partition coefficient (Wildman–Crippen LogP) is -0.103. The van der Waals surface area contributed by atoms with E-state index < -0.39 is 15.8 Å². The molecule has 0 aliphatic rings. The molecule has 8 heteroatoms. The lowest BCUT2D eigenvalue weighted by Crippen LogP contribution is -2.23. The Morgan fingerprint density at radius 1 is 1.59 bits per heavy atom. The number of aromatic nitrogens is 1. The molecule has 0 radical (unpaired) electrons. The summed E-state index contributed by atoms with van der Waals surface area (Å²) in [5.41, 5.74) is -0.164. The van der Waals surface area contributed by atoms with Gasteiger partial charge in [0.15, 0.2) is 21.3 Å². The standard InChI is InChI=1S/C9H14N2O5S/c1-2-17(14,15)4-3-10-6-7-5-8(9(12)13)11-16-7/h5,10H,2-4,6H2,1H3,(H,12,13). The van der Waals surface area contributed by atoms with Crippen LogP contribution in [0.1, 0.15) is 23.2 Å². The van der Waals surface area contributed by atoms with Crippen molar-refractivity contribution in [2.24, 2.45) is 0 Å². The Morgan fingerprint density at radius 2 is 2.29 bits per heavy atom. The van der Waals surface area contributed by atoms with Crippen molar-refractivity contribution in [3.63, 3.8) is 0 Å². The molecule has 1 aromatic heterocycles. The van der Waals surface area contributed by atoms with Crippen LogP contribution in [0.5, 0.6) is 0 Å². The molecule has 0 aliphatic heterocycles. The highest BCUT2D eigenvalue weighted by Crippen LogP contribution is 2.02. The molecule has 0 saturated heterocycles. The molecule has 0 atom stereocenters. The summed E-state index contributed by atoms with van der Waals surface area (Å²) >= 11 is 0. The Kier molecular flexibility index (Phi) is 4.64. The van der Waals surface area contributed by atoms with Gasteiger partial charge in [0.2, 0.25) is 0 Å². The van der Waals surface area contributed by atoms with Gasteiger partial charge in [-0.1, -0.05) is 12.1 Å². The molecule has 17 heavy (non-hydrogen) atoms. The molecule has 1 heterocycles. The van der Waals surface area contributed by atoms with Crippen molar-refractivity contribution in [2.45, 2.75) is 13.5 Å². The molecule has 0 unspecified atom stereocenters. The second-order valence-corrected chi connectivity index (χ2v) is 5.87. The van der Waals surface area contributed by atoms with Crippen LogP contribution in [0.25, 0.3) is 0 Å². The highest BCUT2D eigenvalue weighted by Gasteiger charge is 2.11. The lowest BCUT2D eigenvalue weighted by molar-refractivity contribution is 0.0685. The third-order valence-electron chi connectivity index (χ3n) is 2.11. The fourth-order valence-electron chi connectivity index (χ4n) is 1.08. The van der Waals surface area contributed by atoms with E-state index in [1.807, 2.05) is 0 Å². The molecule has 96 valence electrons. The molecule has 1 aromatic rings. The molecule has 7 nitrogen and oxygen atoms in total. The summed E-state index contributed by atoms with van der Waals surface area (Å²) in [6, 6.07) is 1.30. The van der Waals surface area contributed by atoms with Crippen LogP contribution in [0, 0.1) is 0 Å². The molecule has 2 N–H and O–H groups in total. The molecule has 1 rings (SSSR count). The number of carboxylic acids is 1. The SMILES string of the molecule is CCS(=O)(=O)CCNCc1cc(C(=O)O)no1. The monoisotopic (exact) mass is 262 g/mol. The first-order valence-electron chi connectivity index (χ1n) is 5.04. The van der Waals surface area contributed by atoms with E-state index in [4.69, 9.17) is 9.63 Å². The molecule has 0 spiro atoms. The highest BCUT2D eigenvalue weighted by atomic mass is 32.2. The summed E-state index contributed by atoms with van der Waals surface area (Å²) < 4.78 is 27.0. The summed E-state index contributed by atoms with van der Waals surface area (Å²) in [5, 5.41) is 14.8. The van der Waals surface area contributed by atoms with E-state index in [9.17, 15) is 13.2 Å². The first-order chi connectivity index (χ1) is 7.94. The second kappa shape index (κ2) is 5.78. The third kappa shape index (κ3) is 4.53. The largest absolute Gasteiger partial charge is 0.476 e. The number of rotatable bonds is 7. The first kappa shape index (κ1) is 13.7. The average Bonchev–Trinajstić information content (AvgIpc) is 2.73. The van der Waals surface area contributed by atoms with Gasteiger partial charge >= 0.3 is 5.97 Å². The van der Waals surface area contributed by atoms with E-state index in [1.165, 1.54) is 6.07 Å². The van der Waals surface area contributed by atoms with Gasteiger partial charge in [-0.2, -0.15) is 0 Å². The van der Waals surface area contributed by atoms with Crippen molar-refractivity contribution < 1.29 is 22.8 Å². The minimum atomic E-state index is -2.99. The van der Waals surface area contributed by atoms with Gasteiger partial charge in [0.1, 0.15) is 0 Å². The fraction of sp³-hybridized carbons (Fsp3) is 0.556. The van der Waals surface area contributed by atoms with Gasteiger partial charge in [0.25, 0.3) is 0 Å². The molecular formula is C9H14N2O5S. The van der Waals surface area contributed by atoms with Gasteiger partial charge in [-0.15, -0.1) is 0 Å². The van der Waals surface area contributed by atoms with Gasteiger partial charge in [-0.25, -0.2) is 13.2 Å². The summed E-state index contributed by atoms with van der Waals surface area (Å²) in [6.07, 6.45) is 0. The quantitative estimate of drug-likeness (QED) is 0.660. The topological polar surface area (TPSA) is 110 Å². The third-order valence-corrected chi connectivity index (χ3v) is 3.81. The maximum Gasteiger partial charge on any atom is 0.358 e. The van der Waals surface area contributed by atoms with Crippen molar-refractivity contribution >= 4 is 15.8 Å². The number of sulfone groups is 1. The van der Waals surface area contributed by atoms with Crippen molar-refractivity contribution in [3.05, 3.63) is 17.5 Å². The Balaban J connectivity index is 2.34. The van der Waals surface area contributed by atoms with Crippen LogP contribution in [0.4, 0.5) is 0 Å². The summed E-state index contributed by atoms with van der Waals surface area (Å²) in [7, 11) is -2.99. The van der Waals surface area contributed by atoms with E-state index in [0.717, 1.165) is 0 Å². The van der Waals surface area contributed by atoms with Crippen LogP contribution in [0.15, 0.2) is 10.6 Å². The summed E-state index contributed by atoms with van der Waals surface area (Å²) in [4.78, 5) is 10.5.